The molecule has 0 unspecified atom stereocenters. The molecule has 0 aliphatic carbocycles. The van der Waals surface area contributed by atoms with Gasteiger partial charge in [0.2, 0.25) is 0 Å². The molecule has 0 spiro atoms. The zero-order valence-corrected chi connectivity index (χ0v) is 12.4. The Bertz CT molecular complexity index is 681. The smallest absolute Gasteiger partial charge is 0.255 e. The van der Waals surface area contributed by atoms with Crippen molar-refractivity contribution in [2.75, 3.05) is 5.32 Å². The number of nitrogens with one attached hydrogen (secondary N) is 2. The van der Waals surface area contributed by atoms with Gasteiger partial charge in [-0.05, 0) is 56.3 Å². The van der Waals surface area contributed by atoms with Crippen molar-refractivity contribution >= 4 is 17.5 Å². The van der Waals surface area contributed by atoms with Crippen LogP contribution in [-0.2, 0) is 0 Å². The summed E-state index contributed by atoms with van der Waals surface area (Å²) in [4.78, 5) is 23.9. The summed E-state index contributed by atoms with van der Waals surface area (Å²) in [5, 5.41) is 5.37. The molecule has 0 aliphatic rings. The van der Waals surface area contributed by atoms with Crippen LogP contribution in [0.1, 0.15) is 34.6 Å². The Hall–Kier alpha value is -2.69. The van der Waals surface area contributed by atoms with Gasteiger partial charge in [0.25, 0.3) is 11.8 Å². The van der Waals surface area contributed by atoms with Gasteiger partial charge in [-0.2, -0.15) is 0 Å². The van der Waals surface area contributed by atoms with Gasteiger partial charge >= 0.3 is 0 Å². The fraction of sp³-hybridized carbons (Fsp3) is 0.176. The van der Waals surface area contributed by atoms with E-state index in [1.807, 2.05) is 13.8 Å². The van der Waals surface area contributed by atoms with Crippen LogP contribution in [0.3, 0.4) is 0 Å². The average Bonchev–Trinajstić information content (AvgIpc) is 2.46. The first-order chi connectivity index (χ1) is 10.5. The molecular formula is C17H17FN2O2. The maximum atomic E-state index is 13.1. The summed E-state index contributed by atoms with van der Waals surface area (Å²) < 4.78 is 13.1. The molecule has 22 heavy (non-hydrogen) atoms. The first kappa shape index (κ1) is 15.7. The van der Waals surface area contributed by atoms with Crippen LogP contribution in [0.5, 0.6) is 0 Å². The SMILES string of the molecule is CC(C)NC(=O)c1ccc(C(=O)Nc2cccc(F)c2)cc1. The highest BCUT2D eigenvalue weighted by molar-refractivity contribution is 6.05. The van der Waals surface area contributed by atoms with E-state index in [0.717, 1.165) is 0 Å². The van der Waals surface area contributed by atoms with E-state index in [0.29, 0.717) is 16.8 Å². The van der Waals surface area contributed by atoms with Gasteiger partial charge in [-0.25, -0.2) is 4.39 Å². The van der Waals surface area contributed by atoms with Gasteiger partial charge in [0.1, 0.15) is 5.82 Å². The van der Waals surface area contributed by atoms with E-state index in [1.54, 1.807) is 30.3 Å². The van der Waals surface area contributed by atoms with E-state index in [1.165, 1.54) is 18.2 Å². The molecule has 5 heteroatoms. The van der Waals surface area contributed by atoms with Gasteiger partial charge in [-0.15, -0.1) is 0 Å². The molecule has 114 valence electrons. The first-order valence-electron chi connectivity index (χ1n) is 6.93. The minimum absolute atomic E-state index is 0.0449. The third kappa shape index (κ3) is 4.15. The Morgan fingerprint density at radius 1 is 0.955 bits per heavy atom. The van der Waals surface area contributed by atoms with Crippen LogP contribution < -0.4 is 10.6 Å². The van der Waals surface area contributed by atoms with E-state index in [2.05, 4.69) is 10.6 Å². The minimum atomic E-state index is -0.418. The first-order valence-corrected chi connectivity index (χ1v) is 6.93. The summed E-state index contributed by atoms with van der Waals surface area (Å²) in [5.74, 6) is -0.966. The summed E-state index contributed by atoms with van der Waals surface area (Å²) in [7, 11) is 0. The van der Waals surface area contributed by atoms with Gasteiger partial charge in [0.15, 0.2) is 0 Å². The molecule has 0 radical (unpaired) electrons. The predicted molar refractivity (Wildman–Crippen MR) is 83.4 cm³/mol. The van der Waals surface area contributed by atoms with E-state index in [9.17, 15) is 14.0 Å². The molecule has 0 saturated heterocycles. The second-order valence-electron chi connectivity index (χ2n) is 5.17. The summed E-state index contributed by atoms with van der Waals surface area (Å²) in [6.45, 7) is 3.75. The topological polar surface area (TPSA) is 58.2 Å². The van der Waals surface area contributed by atoms with Crippen molar-refractivity contribution in [2.45, 2.75) is 19.9 Å². The van der Waals surface area contributed by atoms with Gasteiger partial charge in [-0.3, -0.25) is 9.59 Å². The fourth-order valence-corrected chi connectivity index (χ4v) is 1.89. The van der Waals surface area contributed by atoms with E-state index in [4.69, 9.17) is 0 Å². The lowest BCUT2D eigenvalue weighted by molar-refractivity contribution is 0.0941. The number of carbonyl (C=O) groups excluding carboxylic acids is 2. The molecule has 0 saturated carbocycles. The standard InChI is InChI=1S/C17H17FN2O2/c1-11(2)19-16(21)12-6-8-13(9-7-12)17(22)20-15-5-3-4-14(18)10-15/h3-11H,1-2H3,(H,19,21)(H,20,22). The van der Waals surface area contributed by atoms with Crippen molar-refractivity contribution in [2.24, 2.45) is 0 Å². The third-order valence-corrected chi connectivity index (χ3v) is 2.91. The van der Waals surface area contributed by atoms with Gasteiger partial charge < -0.3 is 10.6 Å². The molecule has 0 aromatic heterocycles. The molecule has 0 atom stereocenters. The van der Waals surface area contributed by atoms with Crippen molar-refractivity contribution in [1.29, 1.82) is 0 Å². The second-order valence-corrected chi connectivity index (χ2v) is 5.17. The summed E-state index contributed by atoms with van der Waals surface area (Å²) in [5.41, 5.74) is 1.26. The number of hydrogen-bond acceptors (Lipinski definition) is 2. The Morgan fingerprint density at radius 3 is 2.09 bits per heavy atom. The summed E-state index contributed by atoms with van der Waals surface area (Å²) in [6.07, 6.45) is 0. The van der Waals surface area contributed by atoms with Crippen LogP contribution in [0.4, 0.5) is 10.1 Å². The fourth-order valence-electron chi connectivity index (χ4n) is 1.89. The number of benzene rings is 2. The quantitative estimate of drug-likeness (QED) is 0.911. The van der Waals surface area contributed by atoms with Crippen molar-refractivity contribution in [1.82, 2.24) is 5.32 Å². The van der Waals surface area contributed by atoms with Gasteiger partial charge in [0, 0.05) is 22.9 Å². The Balaban J connectivity index is 2.06. The molecule has 4 nitrogen and oxygen atoms in total. The van der Waals surface area contributed by atoms with E-state index < -0.39 is 5.82 Å². The van der Waals surface area contributed by atoms with Crippen molar-refractivity contribution in [3.05, 3.63) is 65.5 Å². The van der Waals surface area contributed by atoms with Crippen LogP contribution in [0.2, 0.25) is 0 Å². The van der Waals surface area contributed by atoms with Crippen LogP contribution >= 0.6 is 0 Å². The van der Waals surface area contributed by atoms with E-state index >= 15 is 0 Å². The molecule has 0 fully saturated rings. The van der Waals surface area contributed by atoms with Gasteiger partial charge in [-0.1, -0.05) is 6.07 Å². The zero-order chi connectivity index (χ0) is 16.1. The molecular weight excluding hydrogens is 283 g/mol. The Morgan fingerprint density at radius 2 is 1.55 bits per heavy atom. The van der Waals surface area contributed by atoms with Crippen LogP contribution in [0.25, 0.3) is 0 Å². The molecule has 0 bridgehead atoms. The number of rotatable bonds is 4. The number of hydrogen-bond donors (Lipinski definition) is 2. The zero-order valence-electron chi connectivity index (χ0n) is 12.4. The Labute approximate surface area is 128 Å². The normalized spacial score (nSPS) is 10.4. The predicted octanol–water partition coefficient (Wildman–Crippen LogP) is 3.22. The second kappa shape index (κ2) is 6.85. The van der Waals surface area contributed by atoms with E-state index in [-0.39, 0.29) is 17.9 Å². The summed E-state index contributed by atoms with van der Waals surface area (Å²) in [6, 6.07) is 12.0. The molecule has 0 aliphatic heterocycles. The van der Waals surface area contributed by atoms with Crippen molar-refractivity contribution in [3.8, 4) is 0 Å². The maximum absolute atomic E-state index is 13.1. The minimum Gasteiger partial charge on any atom is -0.350 e. The number of carbonyl (C=O) groups is 2. The molecule has 2 rings (SSSR count). The number of anilines is 1. The molecule has 0 heterocycles. The van der Waals surface area contributed by atoms with Crippen molar-refractivity contribution in [3.63, 3.8) is 0 Å². The summed E-state index contributed by atoms with van der Waals surface area (Å²) >= 11 is 0. The number of amides is 2. The lowest BCUT2D eigenvalue weighted by Gasteiger charge is -2.09. The molecule has 2 aromatic rings. The average molecular weight is 300 g/mol. The van der Waals surface area contributed by atoms with Gasteiger partial charge in [0.05, 0.1) is 0 Å². The lowest BCUT2D eigenvalue weighted by Crippen LogP contribution is -2.30. The van der Waals surface area contributed by atoms with Crippen molar-refractivity contribution < 1.29 is 14.0 Å². The Kier molecular flexibility index (Phi) is 4.88. The monoisotopic (exact) mass is 300 g/mol. The van der Waals surface area contributed by atoms with Crippen LogP contribution in [-0.4, -0.2) is 17.9 Å². The largest absolute Gasteiger partial charge is 0.350 e. The number of halogens is 1. The molecule has 2 amide bonds. The van der Waals surface area contributed by atoms with Crippen LogP contribution in [0.15, 0.2) is 48.5 Å². The van der Waals surface area contributed by atoms with Crippen LogP contribution in [0, 0.1) is 5.82 Å². The third-order valence-electron chi connectivity index (χ3n) is 2.91. The molecule has 2 aromatic carbocycles. The lowest BCUT2D eigenvalue weighted by atomic mass is 10.1. The highest BCUT2D eigenvalue weighted by Crippen LogP contribution is 2.12. The maximum Gasteiger partial charge on any atom is 0.255 e. The highest BCUT2D eigenvalue weighted by Gasteiger charge is 2.10. The molecule has 2 N–H and O–H groups in total. The highest BCUT2D eigenvalue weighted by atomic mass is 19.1.